The monoisotopic (exact) mass is 245 g/mol. The molecule has 2 atom stereocenters. The van der Waals surface area contributed by atoms with Crippen molar-refractivity contribution >= 4 is 15.9 Å². The molecule has 1 unspecified atom stereocenters. The predicted molar refractivity (Wildman–Crippen MR) is 58.8 cm³/mol. The van der Waals surface area contributed by atoms with Crippen LogP contribution in [0.2, 0.25) is 0 Å². The number of aliphatic hydroxyl groups excluding tert-OH is 1. The Kier molecular flexibility index (Phi) is 3.71. The molecule has 0 saturated carbocycles. The molecule has 0 heterocycles. The van der Waals surface area contributed by atoms with Gasteiger partial charge in [0.2, 0.25) is 0 Å². The van der Waals surface area contributed by atoms with Crippen LogP contribution in [0, 0.1) is 5.92 Å². The molecule has 0 radical (unpaired) electrons. The van der Waals surface area contributed by atoms with Gasteiger partial charge in [0, 0.05) is 16.4 Å². The van der Waals surface area contributed by atoms with Crippen LogP contribution in [0.1, 0.15) is 6.92 Å². The Morgan fingerprint density at radius 1 is 1.62 bits per heavy atom. The predicted octanol–water partition coefficient (Wildman–Crippen LogP) is 1.76. The Morgan fingerprint density at radius 3 is 2.62 bits per heavy atom. The van der Waals surface area contributed by atoms with E-state index in [9.17, 15) is 0 Å². The summed E-state index contributed by atoms with van der Waals surface area (Å²) in [5, 5.41) is 9.02. The third-order valence-electron chi connectivity index (χ3n) is 2.61. The standard InChI is InChI=1S/C10H16BrNO/c1-7(12(2)3)9-5-4-8(6-13)10(9)11/h4-5,7,9,13H,6H2,1-3H3/t7-,9?/m1/s1. The molecule has 0 aromatic rings. The highest BCUT2D eigenvalue weighted by atomic mass is 79.9. The van der Waals surface area contributed by atoms with E-state index in [0.29, 0.717) is 12.0 Å². The van der Waals surface area contributed by atoms with Crippen molar-refractivity contribution < 1.29 is 5.11 Å². The summed E-state index contributed by atoms with van der Waals surface area (Å²) in [7, 11) is 4.13. The first-order chi connectivity index (χ1) is 6.07. The van der Waals surface area contributed by atoms with Gasteiger partial charge in [-0.15, -0.1) is 0 Å². The van der Waals surface area contributed by atoms with E-state index >= 15 is 0 Å². The van der Waals surface area contributed by atoms with Crippen LogP contribution in [0.5, 0.6) is 0 Å². The maximum Gasteiger partial charge on any atom is 0.0689 e. The largest absolute Gasteiger partial charge is 0.392 e. The van der Waals surface area contributed by atoms with Crippen molar-refractivity contribution in [1.29, 1.82) is 0 Å². The Morgan fingerprint density at radius 2 is 2.23 bits per heavy atom. The van der Waals surface area contributed by atoms with Gasteiger partial charge >= 0.3 is 0 Å². The fraction of sp³-hybridized carbons (Fsp3) is 0.600. The number of rotatable bonds is 3. The Labute approximate surface area is 88.1 Å². The molecule has 0 saturated heterocycles. The van der Waals surface area contributed by atoms with Crippen molar-refractivity contribution in [3.05, 3.63) is 22.2 Å². The van der Waals surface area contributed by atoms with Crippen LogP contribution in [0.25, 0.3) is 0 Å². The van der Waals surface area contributed by atoms with Gasteiger partial charge in [-0.1, -0.05) is 28.1 Å². The third kappa shape index (κ3) is 2.22. The molecule has 13 heavy (non-hydrogen) atoms. The van der Waals surface area contributed by atoms with Gasteiger partial charge in [0.1, 0.15) is 0 Å². The minimum absolute atomic E-state index is 0.119. The summed E-state index contributed by atoms with van der Waals surface area (Å²) in [6, 6.07) is 0.453. The lowest BCUT2D eigenvalue weighted by atomic mass is 10.0. The number of hydrogen-bond donors (Lipinski definition) is 1. The van der Waals surface area contributed by atoms with Crippen LogP contribution >= 0.6 is 15.9 Å². The fourth-order valence-corrected chi connectivity index (χ4v) is 2.21. The summed E-state index contributed by atoms with van der Waals surface area (Å²) in [6.45, 7) is 2.30. The number of hydrogen-bond acceptors (Lipinski definition) is 2. The van der Waals surface area contributed by atoms with E-state index < -0.39 is 0 Å². The highest BCUT2D eigenvalue weighted by Gasteiger charge is 2.24. The topological polar surface area (TPSA) is 23.5 Å². The normalized spacial score (nSPS) is 24.6. The van der Waals surface area contributed by atoms with E-state index in [4.69, 9.17) is 5.11 Å². The zero-order valence-electron chi connectivity index (χ0n) is 8.29. The van der Waals surface area contributed by atoms with Gasteiger partial charge < -0.3 is 10.0 Å². The molecule has 1 aliphatic carbocycles. The molecule has 0 fully saturated rings. The summed E-state index contributed by atoms with van der Waals surface area (Å²) in [5.41, 5.74) is 0.999. The third-order valence-corrected chi connectivity index (χ3v) is 3.65. The van der Waals surface area contributed by atoms with Crippen LogP contribution in [-0.2, 0) is 0 Å². The molecular weight excluding hydrogens is 230 g/mol. The minimum atomic E-state index is 0.119. The summed E-state index contributed by atoms with van der Waals surface area (Å²) in [4.78, 5) is 2.18. The second kappa shape index (κ2) is 4.40. The van der Waals surface area contributed by atoms with Gasteiger partial charge in [-0.3, -0.25) is 0 Å². The molecule has 1 aliphatic rings. The zero-order chi connectivity index (χ0) is 10.0. The lowest BCUT2D eigenvalue weighted by Crippen LogP contribution is -2.31. The second-order valence-electron chi connectivity index (χ2n) is 3.62. The molecule has 0 bridgehead atoms. The lowest BCUT2D eigenvalue weighted by Gasteiger charge is -2.25. The first-order valence-corrected chi connectivity index (χ1v) is 5.21. The quantitative estimate of drug-likeness (QED) is 0.820. The van der Waals surface area contributed by atoms with Crippen molar-refractivity contribution in [3.8, 4) is 0 Å². The number of nitrogens with zero attached hydrogens (tertiary/aromatic N) is 1. The van der Waals surface area contributed by atoms with Crippen LogP contribution in [-0.4, -0.2) is 36.8 Å². The molecular formula is C10H16BrNO. The van der Waals surface area contributed by atoms with E-state index in [1.165, 1.54) is 0 Å². The molecule has 0 aromatic heterocycles. The molecule has 1 N–H and O–H groups in total. The summed E-state index contributed by atoms with van der Waals surface area (Å²) < 4.78 is 1.12. The average molecular weight is 246 g/mol. The van der Waals surface area contributed by atoms with E-state index in [2.05, 4.69) is 47.9 Å². The van der Waals surface area contributed by atoms with Crippen LogP contribution in [0.4, 0.5) is 0 Å². The van der Waals surface area contributed by atoms with Crippen molar-refractivity contribution in [2.75, 3.05) is 20.7 Å². The van der Waals surface area contributed by atoms with Crippen molar-refractivity contribution in [3.63, 3.8) is 0 Å². The Bertz CT molecular complexity index is 245. The molecule has 2 nitrogen and oxygen atoms in total. The first kappa shape index (κ1) is 11.0. The number of halogens is 1. The second-order valence-corrected chi connectivity index (χ2v) is 4.47. The van der Waals surface area contributed by atoms with Crippen LogP contribution in [0.3, 0.4) is 0 Å². The number of aliphatic hydroxyl groups is 1. The van der Waals surface area contributed by atoms with Gasteiger partial charge in [-0.2, -0.15) is 0 Å². The van der Waals surface area contributed by atoms with Gasteiger partial charge in [0.05, 0.1) is 6.61 Å². The molecule has 0 aromatic carbocycles. The van der Waals surface area contributed by atoms with Gasteiger partial charge in [-0.05, 0) is 26.6 Å². The van der Waals surface area contributed by atoms with Gasteiger partial charge in [0.25, 0.3) is 0 Å². The molecule has 3 heteroatoms. The summed E-state index contributed by atoms with van der Waals surface area (Å²) in [6.07, 6.45) is 4.13. The maximum absolute atomic E-state index is 9.02. The molecule has 1 rings (SSSR count). The Hall–Kier alpha value is -0.120. The maximum atomic E-state index is 9.02. The lowest BCUT2D eigenvalue weighted by molar-refractivity contribution is 0.280. The van der Waals surface area contributed by atoms with E-state index in [1.54, 1.807) is 0 Å². The van der Waals surface area contributed by atoms with Crippen molar-refractivity contribution in [2.45, 2.75) is 13.0 Å². The fourth-order valence-electron chi connectivity index (χ4n) is 1.42. The Balaban J connectivity index is 2.76. The highest BCUT2D eigenvalue weighted by molar-refractivity contribution is 9.11. The van der Waals surface area contributed by atoms with Crippen molar-refractivity contribution in [2.24, 2.45) is 5.92 Å². The zero-order valence-corrected chi connectivity index (χ0v) is 9.87. The molecule has 74 valence electrons. The smallest absolute Gasteiger partial charge is 0.0689 e. The summed E-state index contributed by atoms with van der Waals surface area (Å²) in [5.74, 6) is 0.386. The highest BCUT2D eigenvalue weighted by Crippen LogP contribution is 2.33. The van der Waals surface area contributed by atoms with Crippen LogP contribution in [0.15, 0.2) is 22.2 Å². The van der Waals surface area contributed by atoms with E-state index in [1.807, 2.05) is 6.08 Å². The minimum Gasteiger partial charge on any atom is -0.392 e. The first-order valence-electron chi connectivity index (χ1n) is 4.42. The molecule has 0 amide bonds. The molecule has 0 spiro atoms. The van der Waals surface area contributed by atoms with Crippen LogP contribution < -0.4 is 0 Å². The SMILES string of the molecule is C[C@H](C1C=CC(CO)=C1Br)N(C)C. The van der Waals surface area contributed by atoms with E-state index in [-0.39, 0.29) is 6.61 Å². The van der Waals surface area contributed by atoms with Gasteiger partial charge in [-0.25, -0.2) is 0 Å². The van der Waals surface area contributed by atoms with Crippen molar-refractivity contribution in [1.82, 2.24) is 4.90 Å². The average Bonchev–Trinajstić information content (AvgIpc) is 2.45. The van der Waals surface area contributed by atoms with E-state index in [0.717, 1.165) is 10.1 Å². The molecule has 0 aliphatic heterocycles. The van der Waals surface area contributed by atoms with Gasteiger partial charge in [0.15, 0.2) is 0 Å². The summed E-state index contributed by atoms with van der Waals surface area (Å²) >= 11 is 3.53.